The summed E-state index contributed by atoms with van der Waals surface area (Å²) >= 11 is 6.10. The van der Waals surface area contributed by atoms with Gasteiger partial charge in [0.2, 0.25) is 4.77 Å². The van der Waals surface area contributed by atoms with E-state index in [1.54, 1.807) is 6.20 Å². The summed E-state index contributed by atoms with van der Waals surface area (Å²) in [6.45, 7) is 6.05. The van der Waals surface area contributed by atoms with E-state index in [1.165, 1.54) is 16.7 Å². The van der Waals surface area contributed by atoms with Gasteiger partial charge in [-0.1, -0.05) is 38.1 Å². The molecule has 0 radical (unpaired) electrons. The number of hydrogen-bond acceptors (Lipinski definition) is 5. The smallest absolute Gasteiger partial charge is 0.204 e. The number of benzene rings is 1. The van der Waals surface area contributed by atoms with Gasteiger partial charge in [-0.15, -0.1) is 5.10 Å². The Hall–Kier alpha value is -3.16. The number of rotatable bonds is 7. The van der Waals surface area contributed by atoms with Gasteiger partial charge in [-0.2, -0.15) is 0 Å². The molecule has 0 N–H and O–H groups in total. The number of aromatic nitrogens is 5. The molecule has 1 aliphatic rings. The number of aryl methyl sites for hydroxylation is 2. The first kappa shape index (κ1) is 22.6. The Morgan fingerprint density at radius 2 is 1.68 bits per heavy atom. The minimum absolute atomic E-state index is 0.330. The second-order valence-corrected chi connectivity index (χ2v) is 9.08. The zero-order valence-electron chi connectivity index (χ0n) is 19.8. The lowest BCUT2D eigenvalue weighted by atomic mass is 10.0. The summed E-state index contributed by atoms with van der Waals surface area (Å²) in [5, 5.41) is 5.08. The van der Waals surface area contributed by atoms with E-state index >= 15 is 0 Å². The SMILES string of the molecule is CCc1cccc(CC)c1-n1c(-c2cccnc2)nn(CN2CCCC2c2cccnc2)c1=S. The highest BCUT2D eigenvalue weighted by Gasteiger charge is 2.28. The van der Waals surface area contributed by atoms with Crippen LogP contribution < -0.4 is 0 Å². The average molecular weight is 471 g/mol. The lowest BCUT2D eigenvalue weighted by molar-refractivity contribution is 0.190. The van der Waals surface area contributed by atoms with E-state index in [-0.39, 0.29) is 0 Å². The van der Waals surface area contributed by atoms with E-state index in [1.807, 2.05) is 35.4 Å². The van der Waals surface area contributed by atoms with Crippen LogP contribution >= 0.6 is 12.2 Å². The molecule has 1 atom stereocenters. The van der Waals surface area contributed by atoms with Crippen molar-refractivity contribution < 1.29 is 0 Å². The van der Waals surface area contributed by atoms with Crippen LogP contribution in [0.5, 0.6) is 0 Å². The van der Waals surface area contributed by atoms with Crippen molar-refractivity contribution in [1.29, 1.82) is 0 Å². The monoisotopic (exact) mass is 470 g/mol. The Morgan fingerprint density at radius 3 is 2.32 bits per heavy atom. The summed E-state index contributed by atoms with van der Waals surface area (Å²) < 4.78 is 4.86. The number of likely N-dealkylation sites (tertiary alicyclic amines) is 1. The molecule has 1 aliphatic heterocycles. The summed E-state index contributed by atoms with van der Waals surface area (Å²) in [6, 6.07) is 15.0. The van der Waals surface area contributed by atoms with Gasteiger partial charge >= 0.3 is 0 Å². The van der Waals surface area contributed by atoms with Crippen LogP contribution in [0, 0.1) is 4.77 Å². The van der Waals surface area contributed by atoms with Crippen LogP contribution in [0.25, 0.3) is 17.1 Å². The topological polar surface area (TPSA) is 51.8 Å². The molecule has 1 unspecified atom stereocenters. The summed E-state index contributed by atoms with van der Waals surface area (Å²) in [6.07, 6.45) is 11.6. The number of nitrogens with zero attached hydrogens (tertiary/aromatic N) is 6. The van der Waals surface area contributed by atoms with Crippen molar-refractivity contribution in [2.24, 2.45) is 0 Å². The maximum absolute atomic E-state index is 6.10. The molecule has 1 aromatic carbocycles. The molecule has 0 spiro atoms. The van der Waals surface area contributed by atoms with Gasteiger partial charge in [-0.25, -0.2) is 4.68 Å². The summed E-state index contributed by atoms with van der Waals surface area (Å²) in [4.78, 5) is 11.2. The predicted octanol–water partition coefficient (Wildman–Crippen LogP) is 5.78. The Labute approximate surface area is 205 Å². The molecule has 0 amide bonds. The van der Waals surface area contributed by atoms with Gasteiger partial charge in [0.15, 0.2) is 5.82 Å². The van der Waals surface area contributed by atoms with Crippen LogP contribution in [0.3, 0.4) is 0 Å². The minimum Gasteiger partial charge on any atom is -0.277 e. The first-order valence-electron chi connectivity index (χ1n) is 12.1. The molecule has 4 heterocycles. The molecule has 0 saturated carbocycles. The van der Waals surface area contributed by atoms with Gasteiger partial charge in [0.05, 0.1) is 12.4 Å². The van der Waals surface area contributed by atoms with Crippen LogP contribution in [0.15, 0.2) is 67.3 Å². The number of hydrogen-bond donors (Lipinski definition) is 0. The largest absolute Gasteiger partial charge is 0.277 e. The van der Waals surface area contributed by atoms with Gasteiger partial charge in [0.25, 0.3) is 0 Å². The van der Waals surface area contributed by atoms with E-state index in [2.05, 4.69) is 63.6 Å². The maximum atomic E-state index is 6.10. The molecular formula is C27H30N6S. The third kappa shape index (κ3) is 4.21. The quantitative estimate of drug-likeness (QED) is 0.321. The van der Waals surface area contributed by atoms with Crippen molar-refractivity contribution in [2.45, 2.75) is 52.2 Å². The zero-order valence-corrected chi connectivity index (χ0v) is 20.6. The molecule has 5 rings (SSSR count). The average Bonchev–Trinajstić information content (AvgIpc) is 3.49. The van der Waals surface area contributed by atoms with Crippen molar-refractivity contribution in [3.05, 3.63) is 88.7 Å². The summed E-state index contributed by atoms with van der Waals surface area (Å²) in [5.74, 6) is 0.839. The lowest BCUT2D eigenvalue weighted by Crippen LogP contribution is -2.27. The lowest BCUT2D eigenvalue weighted by Gasteiger charge is -2.24. The van der Waals surface area contributed by atoms with Crippen LogP contribution in [0.2, 0.25) is 0 Å². The van der Waals surface area contributed by atoms with E-state index in [0.717, 1.165) is 49.3 Å². The molecule has 0 aliphatic carbocycles. The molecule has 1 saturated heterocycles. The van der Waals surface area contributed by atoms with Crippen molar-refractivity contribution in [3.63, 3.8) is 0 Å². The fourth-order valence-electron chi connectivity index (χ4n) is 5.00. The van der Waals surface area contributed by atoms with Crippen LogP contribution in [0.1, 0.15) is 49.4 Å². The molecule has 34 heavy (non-hydrogen) atoms. The number of pyridine rings is 2. The fraction of sp³-hybridized carbons (Fsp3) is 0.333. The highest BCUT2D eigenvalue weighted by Crippen LogP contribution is 2.33. The van der Waals surface area contributed by atoms with Gasteiger partial charge in [-0.3, -0.25) is 19.4 Å². The second-order valence-electron chi connectivity index (χ2n) is 8.71. The minimum atomic E-state index is 0.330. The van der Waals surface area contributed by atoms with Crippen LogP contribution in [-0.2, 0) is 19.5 Å². The Bertz CT molecular complexity index is 1290. The van der Waals surface area contributed by atoms with Crippen molar-refractivity contribution in [1.82, 2.24) is 29.2 Å². The van der Waals surface area contributed by atoms with Crippen LogP contribution in [-0.4, -0.2) is 35.8 Å². The van der Waals surface area contributed by atoms with Crippen molar-refractivity contribution in [3.8, 4) is 17.1 Å². The fourth-order valence-corrected chi connectivity index (χ4v) is 5.28. The van der Waals surface area contributed by atoms with E-state index in [9.17, 15) is 0 Å². The molecular weight excluding hydrogens is 440 g/mol. The van der Waals surface area contributed by atoms with E-state index in [0.29, 0.717) is 17.5 Å². The molecule has 4 aromatic rings. The van der Waals surface area contributed by atoms with Crippen molar-refractivity contribution >= 4 is 12.2 Å². The Kier molecular flexibility index (Phi) is 6.65. The summed E-state index contributed by atoms with van der Waals surface area (Å²) in [7, 11) is 0. The second kappa shape index (κ2) is 9.99. The third-order valence-electron chi connectivity index (χ3n) is 6.70. The molecule has 6 nitrogen and oxygen atoms in total. The normalized spacial score (nSPS) is 16.2. The molecule has 1 fully saturated rings. The Morgan fingerprint density at radius 1 is 0.941 bits per heavy atom. The first-order chi connectivity index (χ1) is 16.7. The van der Waals surface area contributed by atoms with E-state index < -0.39 is 0 Å². The highest BCUT2D eigenvalue weighted by atomic mass is 32.1. The molecule has 3 aromatic heterocycles. The van der Waals surface area contributed by atoms with Gasteiger partial charge in [0, 0.05) is 42.9 Å². The van der Waals surface area contributed by atoms with Crippen LogP contribution in [0.4, 0.5) is 0 Å². The molecule has 174 valence electrons. The van der Waals surface area contributed by atoms with E-state index in [4.69, 9.17) is 17.3 Å². The predicted molar refractivity (Wildman–Crippen MR) is 137 cm³/mol. The number of para-hydroxylation sites is 1. The Balaban J connectivity index is 1.63. The third-order valence-corrected chi connectivity index (χ3v) is 7.09. The van der Waals surface area contributed by atoms with Gasteiger partial charge in [-0.05, 0) is 72.8 Å². The maximum Gasteiger partial charge on any atom is 0.204 e. The highest BCUT2D eigenvalue weighted by molar-refractivity contribution is 7.71. The molecule has 7 heteroatoms. The zero-order chi connectivity index (χ0) is 23.5. The first-order valence-corrected chi connectivity index (χ1v) is 12.5. The van der Waals surface area contributed by atoms with Crippen molar-refractivity contribution in [2.75, 3.05) is 6.54 Å². The summed E-state index contributed by atoms with van der Waals surface area (Å²) in [5.41, 5.74) is 5.92. The standard InChI is InChI=1S/C27H30N6S/c1-3-20-9-5-10-21(4-2)25(20)33-26(23-12-7-15-29-18-23)30-32(27(33)34)19-31-16-8-13-24(31)22-11-6-14-28-17-22/h5-7,9-12,14-15,17-18,24H,3-4,8,13,16,19H2,1-2H3. The molecule has 0 bridgehead atoms. The van der Waals surface area contributed by atoms with Gasteiger partial charge < -0.3 is 0 Å². The van der Waals surface area contributed by atoms with Gasteiger partial charge in [0.1, 0.15) is 0 Å².